The van der Waals surface area contributed by atoms with Gasteiger partial charge in [-0.25, -0.2) is 4.79 Å². The van der Waals surface area contributed by atoms with Crippen LogP contribution in [0, 0.1) is 0 Å². The number of aromatic hydroxyl groups is 1. The third kappa shape index (κ3) is 2.82. The molecular formula is C19H21NO4. The van der Waals surface area contributed by atoms with Crippen LogP contribution in [0.4, 0.5) is 0 Å². The molecular weight excluding hydrogens is 306 g/mol. The van der Waals surface area contributed by atoms with Crippen LogP contribution in [-0.4, -0.2) is 23.5 Å². The van der Waals surface area contributed by atoms with Gasteiger partial charge in [-0.2, -0.15) is 0 Å². The number of phenols is 1. The standard InChI is InChI=1S/C19H21NO4/c1-3-24-19(23)16-11(2)20-14-5-4-6-15(22)18(14)17(16)12-7-9-13(21)10-8-12/h7-10,17,20-21H,3-6H2,1-2H3/t17-/m0/s1. The molecule has 126 valence electrons. The van der Waals surface area contributed by atoms with Crippen molar-refractivity contribution in [1.29, 1.82) is 0 Å². The molecule has 1 aliphatic carbocycles. The van der Waals surface area contributed by atoms with Gasteiger partial charge in [0.05, 0.1) is 12.2 Å². The Bertz CT molecular complexity index is 743. The zero-order chi connectivity index (χ0) is 17.3. The maximum Gasteiger partial charge on any atom is 0.336 e. The summed E-state index contributed by atoms with van der Waals surface area (Å²) in [4.78, 5) is 25.1. The highest BCUT2D eigenvalue weighted by Crippen LogP contribution is 2.42. The van der Waals surface area contributed by atoms with Crippen LogP contribution < -0.4 is 5.32 Å². The monoisotopic (exact) mass is 327 g/mol. The number of rotatable bonds is 3. The molecule has 3 rings (SSSR count). The Hall–Kier alpha value is -2.56. The van der Waals surface area contributed by atoms with E-state index in [2.05, 4.69) is 5.32 Å². The van der Waals surface area contributed by atoms with Gasteiger partial charge in [0.25, 0.3) is 0 Å². The molecule has 0 spiro atoms. The molecule has 0 radical (unpaired) electrons. The topological polar surface area (TPSA) is 75.6 Å². The first-order valence-corrected chi connectivity index (χ1v) is 8.23. The van der Waals surface area contributed by atoms with Crippen molar-refractivity contribution >= 4 is 11.8 Å². The minimum atomic E-state index is -0.450. The lowest BCUT2D eigenvalue weighted by Crippen LogP contribution is -2.34. The molecule has 2 N–H and O–H groups in total. The predicted molar refractivity (Wildman–Crippen MR) is 89.2 cm³/mol. The molecule has 5 nitrogen and oxygen atoms in total. The first-order chi connectivity index (χ1) is 11.5. The zero-order valence-electron chi connectivity index (χ0n) is 13.9. The molecule has 1 aromatic carbocycles. The van der Waals surface area contributed by atoms with Crippen LogP contribution in [0.15, 0.2) is 46.8 Å². The Labute approximate surface area is 141 Å². The molecule has 5 heteroatoms. The average molecular weight is 327 g/mol. The third-order valence-electron chi connectivity index (χ3n) is 4.50. The number of dihydropyridines is 1. The molecule has 0 aromatic heterocycles. The number of allylic oxidation sites excluding steroid dienone is 3. The molecule has 0 saturated heterocycles. The van der Waals surface area contributed by atoms with Crippen molar-refractivity contribution in [3.8, 4) is 5.75 Å². The number of carbonyl (C=O) groups excluding carboxylic acids is 2. The first-order valence-electron chi connectivity index (χ1n) is 8.23. The number of nitrogens with one attached hydrogen (secondary N) is 1. The Morgan fingerprint density at radius 1 is 1.29 bits per heavy atom. The molecule has 0 saturated carbocycles. The molecule has 0 bridgehead atoms. The van der Waals surface area contributed by atoms with Crippen LogP contribution in [-0.2, 0) is 14.3 Å². The van der Waals surface area contributed by atoms with Crippen LogP contribution in [0.3, 0.4) is 0 Å². The lowest BCUT2D eigenvalue weighted by Gasteiger charge is -2.34. The van der Waals surface area contributed by atoms with Gasteiger partial charge in [-0.15, -0.1) is 0 Å². The van der Waals surface area contributed by atoms with E-state index in [4.69, 9.17) is 4.74 Å². The highest BCUT2D eigenvalue weighted by Gasteiger charge is 2.38. The van der Waals surface area contributed by atoms with E-state index >= 15 is 0 Å². The van der Waals surface area contributed by atoms with Crippen LogP contribution in [0.5, 0.6) is 5.75 Å². The molecule has 1 atom stereocenters. The second-order valence-electron chi connectivity index (χ2n) is 6.08. The maximum atomic E-state index is 12.6. The van der Waals surface area contributed by atoms with Crippen LogP contribution in [0.25, 0.3) is 0 Å². The fourth-order valence-electron chi connectivity index (χ4n) is 3.46. The second-order valence-corrected chi connectivity index (χ2v) is 6.08. The highest BCUT2D eigenvalue weighted by atomic mass is 16.5. The summed E-state index contributed by atoms with van der Waals surface area (Å²) < 4.78 is 5.22. The highest BCUT2D eigenvalue weighted by molar-refractivity contribution is 6.03. The van der Waals surface area contributed by atoms with Crippen molar-refractivity contribution in [2.45, 2.75) is 39.0 Å². The van der Waals surface area contributed by atoms with E-state index in [0.717, 1.165) is 29.8 Å². The van der Waals surface area contributed by atoms with E-state index in [-0.39, 0.29) is 18.1 Å². The van der Waals surface area contributed by atoms with Crippen molar-refractivity contribution in [1.82, 2.24) is 5.32 Å². The fourth-order valence-corrected chi connectivity index (χ4v) is 3.46. The fraction of sp³-hybridized carbons (Fsp3) is 0.368. The number of carbonyl (C=O) groups is 2. The largest absolute Gasteiger partial charge is 0.508 e. The van der Waals surface area contributed by atoms with Crippen LogP contribution >= 0.6 is 0 Å². The number of phenolic OH excluding ortho intramolecular Hbond substituents is 1. The van der Waals surface area contributed by atoms with E-state index < -0.39 is 11.9 Å². The predicted octanol–water partition coefficient (Wildman–Crippen LogP) is 2.92. The Kier molecular flexibility index (Phi) is 4.42. The summed E-state index contributed by atoms with van der Waals surface area (Å²) in [7, 11) is 0. The van der Waals surface area contributed by atoms with Crippen molar-refractivity contribution < 1.29 is 19.4 Å². The van der Waals surface area contributed by atoms with Crippen molar-refractivity contribution in [3.63, 3.8) is 0 Å². The number of Topliss-reactive ketones (excluding diaryl/α,β-unsaturated/α-hetero) is 1. The zero-order valence-corrected chi connectivity index (χ0v) is 13.9. The van der Waals surface area contributed by atoms with Gasteiger partial charge < -0.3 is 15.2 Å². The quantitative estimate of drug-likeness (QED) is 0.835. The number of hydrogen-bond acceptors (Lipinski definition) is 5. The number of benzene rings is 1. The Balaban J connectivity index is 2.15. The van der Waals surface area contributed by atoms with Gasteiger partial charge in [0.2, 0.25) is 0 Å². The van der Waals surface area contributed by atoms with E-state index in [1.54, 1.807) is 31.2 Å². The van der Waals surface area contributed by atoms with E-state index in [9.17, 15) is 14.7 Å². The number of ether oxygens (including phenoxy) is 1. The van der Waals surface area contributed by atoms with Gasteiger partial charge in [0.1, 0.15) is 5.75 Å². The summed E-state index contributed by atoms with van der Waals surface area (Å²) in [6, 6.07) is 6.65. The van der Waals surface area contributed by atoms with Gasteiger partial charge >= 0.3 is 5.97 Å². The van der Waals surface area contributed by atoms with Gasteiger partial charge in [0, 0.05) is 29.3 Å². The lowest BCUT2D eigenvalue weighted by molar-refractivity contribution is -0.138. The molecule has 1 heterocycles. The number of esters is 1. The summed E-state index contributed by atoms with van der Waals surface area (Å²) in [5.41, 5.74) is 3.55. The molecule has 24 heavy (non-hydrogen) atoms. The van der Waals surface area contributed by atoms with Gasteiger partial charge in [-0.3, -0.25) is 4.79 Å². The lowest BCUT2D eigenvalue weighted by atomic mass is 9.75. The van der Waals surface area contributed by atoms with Crippen molar-refractivity contribution in [2.24, 2.45) is 0 Å². The molecule has 0 unspecified atom stereocenters. The summed E-state index contributed by atoms with van der Waals surface area (Å²) in [5.74, 6) is -0.648. The van der Waals surface area contributed by atoms with Crippen LogP contribution in [0.2, 0.25) is 0 Å². The molecule has 0 fully saturated rings. The average Bonchev–Trinajstić information content (AvgIpc) is 2.55. The summed E-state index contributed by atoms with van der Waals surface area (Å²) in [6.45, 7) is 3.87. The summed E-state index contributed by atoms with van der Waals surface area (Å²) in [5, 5.41) is 12.8. The normalized spacial score (nSPS) is 20.6. The van der Waals surface area contributed by atoms with Crippen molar-refractivity contribution in [3.05, 3.63) is 52.4 Å². The third-order valence-corrected chi connectivity index (χ3v) is 4.50. The van der Waals surface area contributed by atoms with E-state index in [1.807, 2.05) is 6.92 Å². The molecule has 0 amide bonds. The Morgan fingerprint density at radius 3 is 2.67 bits per heavy atom. The van der Waals surface area contributed by atoms with Crippen LogP contribution in [0.1, 0.15) is 44.6 Å². The maximum absolute atomic E-state index is 12.6. The summed E-state index contributed by atoms with van der Waals surface area (Å²) in [6.07, 6.45) is 2.10. The number of ketones is 1. The van der Waals surface area contributed by atoms with E-state index in [0.29, 0.717) is 17.6 Å². The molecule has 2 aliphatic rings. The van der Waals surface area contributed by atoms with Gasteiger partial charge in [-0.05, 0) is 44.4 Å². The SMILES string of the molecule is CCOC(=O)C1=C(C)NC2=C(C(=O)CCC2)[C@H]1c1ccc(O)cc1. The van der Waals surface area contributed by atoms with Crippen molar-refractivity contribution in [2.75, 3.05) is 6.61 Å². The molecule has 1 aromatic rings. The van der Waals surface area contributed by atoms with Gasteiger partial charge in [-0.1, -0.05) is 12.1 Å². The molecule has 1 aliphatic heterocycles. The second kappa shape index (κ2) is 6.51. The number of hydrogen-bond donors (Lipinski definition) is 2. The smallest absolute Gasteiger partial charge is 0.336 e. The first kappa shape index (κ1) is 16.3. The summed E-state index contributed by atoms with van der Waals surface area (Å²) >= 11 is 0. The van der Waals surface area contributed by atoms with Gasteiger partial charge in [0.15, 0.2) is 5.78 Å². The minimum Gasteiger partial charge on any atom is -0.508 e. The Morgan fingerprint density at radius 2 is 2.00 bits per heavy atom. The minimum absolute atomic E-state index is 0.0659. The van der Waals surface area contributed by atoms with E-state index in [1.165, 1.54) is 0 Å².